The van der Waals surface area contributed by atoms with Crippen molar-refractivity contribution in [3.8, 4) is 0 Å². The Morgan fingerprint density at radius 2 is 2.16 bits per heavy atom. The second-order valence-electron chi connectivity index (χ2n) is 5.43. The van der Waals surface area contributed by atoms with Crippen molar-refractivity contribution < 1.29 is 8.42 Å². The molecule has 0 radical (unpaired) electrons. The van der Waals surface area contributed by atoms with Gasteiger partial charge >= 0.3 is 0 Å². The zero-order valence-corrected chi connectivity index (χ0v) is 13.0. The SMILES string of the molecule is CC(C)[C@H]1CCCN(c2ncc(S(N)(=O)=O)s2)CC1. The molecule has 1 saturated heterocycles. The van der Waals surface area contributed by atoms with E-state index in [0.29, 0.717) is 5.92 Å². The van der Waals surface area contributed by atoms with Crippen LogP contribution in [0.15, 0.2) is 10.4 Å². The predicted molar refractivity (Wildman–Crippen MR) is 77.9 cm³/mol. The zero-order chi connectivity index (χ0) is 14.0. The van der Waals surface area contributed by atoms with Gasteiger partial charge in [0.05, 0.1) is 6.20 Å². The summed E-state index contributed by atoms with van der Waals surface area (Å²) in [6, 6.07) is 0. The molecule has 1 aliphatic heterocycles. The summed E-state index contributed by atoms with van der Waals surface area (Å²) >= 11 is 1.17. The van der Waals surface area contributed by atoms with E-state index < -0.39 is 10.0 Å². The Bertz CT molecular complexity index is 525. The van der Waals surface area contributed by atoms with Gasteiger partial charge in [-0.15, -0.1) is 0 Å². The number of hydrogen-bond donors (Lipinski definition) is 1. The smallest absolute Gasteiger partial charge is 0.249 e. The molecular formula is C12H21N3O2S2. The molecule has 0 amide bonds. The largest absolute Gasteiger partial charge is 0.348 e. The summed E-state index contributed by atoms with van der Waals surface area (Å²) in [5.41, 5.74) is 0. The average Bonchev–Trinajstić information content (AvgIpc) is 2.67. The lowest BCUT2D eigenvalue weighted by Crippen LogP contribution is -2.24. The van der Waals surface area contributed by atoms with Crippen molar-refractivity contribution in [1.82, 2.24) is 4.98 Å². The first-order chi connectivity index (χ1) is 8.88. The third-order valence-corrected chi connectivity index (χ3v) is 6.20. The summed E-state index contributed by atoms with van der Waals surface area (Å²) in [6.07, 6.45) is 4.87. The molecule has 2 N–H and O–H groups in total. The Morgan fingerprint density at radius 1 is 1.42 bits per heavy atom. The minimum Gasteiger partial charge on any atom is -0.348 e. The molecule has 1 fully saturated rings. The summed E-state index contributed by atoms with van der Waals surface area (Å²) in [7, 11) is -3.62. The molecule has 1 aromatic rings. The number of rotatable bonds is 3. The van der Waals surface area contributed by atoms with Gasteiger partial charge in [-0.3, -0.25) is 0 Å². The molecule has 0 bridgehead atoms. The predicted octanol–water partition coefficient (Wildman–Crippen LogP) is 2.05. The van der Waals surface area contributed by atoms with Gasteiger partial charge in [-0.05, 0) is 31.1 Å². The molecule has 1 atom stereocenters. The van der Waals surface area contributed by atoms with Gasteiger partial charge in [0.15, 0.2) is 9.34 Å². The van der Waals surface area contributed by atoms with Crippen LogP contribution in [0.4, 0.5) is 5.13 Å². The van der Waals surface area contributed by atoms with Crippen molar-refractivity contribution in [3.63, 3.8) is 0 Å². The molecule has 0 spiro atoms. The summed E-state index contributed by atoms with van der Waals surface area (Å²) in [5, 5.41) is 5.89. The van der Waals surface area contributed by atoms with Crippen molar-refractivity contribution in [2.24, 2.45) is 17.0 Å². The summed E-state index contributed by atoms with van der Waals surface area (Å²) in [5.74, 6) is 1.46. The second-order valence-corrected chi connectivity index (χ2v) is 8.23. The fourth-order valence-electron chi connectivity index (χ4n) is 2.51. The van der Waals surface area contributed by atoms with Gasteiger partial charge in [0.25, 0.3) is 0 Å². The standard InChI is InChI=1S/C12H21N3O2S2/c1-9(2)10-4-3-6-15(7-5-10)12-14-8-11(18-12)19(13,16)17/h8-10H,3-7H2,1-2H3,(H2,13,16,17)/t10-/m0/s1. The molecule has 0 saturated carbocycles. The Morgan fingerprint density at radius 3 is 2.74 bits per heavy atom. The monoisotopic (exact) mass is 303 g/mol. The highest BCUT2D eigenvalue weighted by molar-refractivity contribution is 7.91. The molecular weight excluding hydrogens is 282 g/mol. The van der Waals surface area contributed by atoms with Crippen molar-refractivity contribution in [3.05, 3.63) is 6.20 Å². The van der Waals surface area contributed by atoms with E-state index in [1.807, 2.05) is 0 Å². The Labute approximate surface area is 118 Å². The van der Waals surface area contributed by atoms with Crippen molar-refractivity contribution in [2.45, 2.75) is 37.3 Å². The Balaban J connectivity index is 2.08. The molecule has 0 unspecified atom stereocenters. The first-order valence-corrected chi connectivity index (χ1v) is 8.98. The van der Waals surface area contributed by atoms with E-state index in [4.69, 9.17) is 5.14 Å². The number of nitrogens with two attached hydrogens (primary N) is 1. The Hall–Kier alpha value is -0.660. The molecule has 2 rings (SSSR count). The van der Waals surface area contributed by atoms with Gasteiger partial charge in [0.2, 0.25) is 10.0 Å². The summed E-state index contributed by atoms with van der Waals surface area (Å²) in [4.78, 5) is 6.39. The lowest BCUT2D eigenvalue weighted by atomic mass is 9.89. The fourth-order valence-corrected chi connectivity index (χ4v) is 4.10. The summed E-state index contributed by atoms with van der Waals surface area (Å²) < 4.78 is 22.7. The number of sulfonamides is 1. The van der Waals surface area contributed by atoms with Gasteiger partial charge in [-0.1, -0.05) is 25.2 Å². The van der Waals surface area contributed by atoms with Crippen LogP contribution in [-0.2, 0) is 10.0 Å². The molecule has 2 heterocycles. The third-order valence-electron chi connectivity index (χ3n) is 3.74. The number of primary sulfonamides is 1. The number of anilines is 1. The first kappa shape index (κ1) is 14.7. The number of aromatic nitrogens is 1. The van der Waals surface area contributed by atoms with Crippen LogP contribution in [0.2, 0.25) is 0 Å². The van der Waals surface area contributed by atoms with E-state index in [2.05, 4.69) is 23.7 Å². The maximum absolute atomic E-state index is 11.3. The number of thiazole rings is 1. The van der Waals surface area contributed by atoms with Gasteiger partial charge < -0.3 is 4.90 Å². The van der Waals surface area contributed by atoms with Crippen molar-refractivity contribution in [1.29, 1.82) is 0 Å². The van der Waals surface area contributed by atoms with Crippen LogP contribution in [0.1, 0.15) is 33.1 Å². The highest BCUT2D eigenvalue weighted by atomic mass is 32.2. The van der Waals surface area contributed by atoms with Crippen LogP contribution in [0.25, 0.3) is 0 Å². The molecule has 1 aliphatic rings. The average molecular weight is 303 g/mol. The first-order valence-electron chi connectivity index (χ1n) is 6.61. The third kappa shape index (κ3) is 3.67. The highest BCUT2D eigenvalue weighted by Crippen LogP contribution is 2.30. The topological polar surface area (TPSA) is 76.3 Å². The van der Waals surface area contributed by atoms with E-state index >= 15 is 0 Å². The molecule has 5 nitrogen and oxygen atoms in total. The molecule has 108 valence electrons. The lowest BCUT2D eigenvalue weighted by molar-refractivity contribution is 0.351. The van der Waals surface area contributed by atoms with E-state index in [1.54, 1.807) is 0 Å². The molecule has 1 aromatic heterocycles. The van der Waals surface area contributed by atoms with Gasteiger partial charge in [0, 0.05) is 13.1 Å². The zero-order valence-electron chi connectivity index (χ0n) is 11.4. The molecule has 19 heavy (non-hydrogen) atoms. The van der Waals surface area contributed by atoms with Gasteiger partial charge in [-0.25, -0.2) is 18.5 Å². The van der Waals surface area contributed by atoms with E-state index in [0.717, 1.165) is 37.0 Å². The van der Waals surface area contributed by atoms with Crippen LogP contribution in [0.3, 0.4) is 0 Å². The number of nitrogens with zero attached hydrogens (tertiary/aromatic N) is 2. The maximum Gasteiger partial charge on any atom is 0.249 e. The van der Waals surface area contributed by atoms with Crippen LogP contribution in [0, 0.1) is 11.8 Å². The quantitative estimate of drug-likeness (QED) is 0.927. The lowest BCUT2D eigenvalue weighted by Gasteiger charge is -2.20. The molecule has 0 aromatic carbocycles. The minimum absolute atomic E-state index is 0.146. The molecule has 7 heteroatoms. The summed E-state index contributed by atoms with van der Waals surface area (Å²) in [6.45, 7) is 6.42. The van der Waals surface area contributed by atoms with Crippen LogP contribution in [-0.4, -0.2) is 26.5 Å². The Kier molecular flexibility index (Phi) is 4.47. The molecule has 0 aliphatic carbocycles. The van der Waals surface area contributed by atoms with E-state index in [9.17, 15) is 8.42 Å². The van der Waals surface area contributed by atoms with Crippen LogP contribution < -0.4 is 10.0 Å². The van der Waals surface area contributed by atoms with Crippen molar-refractivity contribution in [2.75, 3.05) is 18.0 Å². The minimum atomic E-state index is -3.62. The van der Waals surface area contributed by atoms with Gasteiger partial charge in [0.1, 0.15) is 0 Å². The van der Waals surface area contributed by atoms with Crippen molar-refractivity contribution >= 4 is 26.5 Å². The fraction of sp³-hybridized carbons (Fsp3) is 0.750. The highest BCUT2D eigenvalue weighted by Gasteiger charge is 2.22. The van der Waals surface area contributed by atoms with E-state index in [1.165, 1.54) is 24.0 Å². The normalized spacial score (nSPS) is 21.7. The van der Waals surface area contributed by atoms with Gasteiger partial charge in [-0.2, -0.15) is 0 Å². The maximum atomic E-state index is 11.3. The van der Waals surface area contributed by atoms with Crippen LogP contribution in [0.5, 0.6) is 0 Å². The van der Waals surface area contributed by atoms with E-state index in [-0.39, 0.29) is 4.21 Å². The number of hydrogen-bond acceptors (Lipinski definition) is 5. The second kappa shape index (κ2) is 5.76. The van der Waals surface area contributed by atoms with Crippen LogP contribution >= 0.6 is 11.3 Å².